The van der Waals surface area contributed by atoms with Gasteiger partial charge in [-0.3, -0.25) is 0 Å². The Morgan fingerprint density at radius 3 is 1.50 bits per heavy atom. The van der Waals surface area contributed by atoms with Gasteiger partial charge in [-0.25, -0.2) is 4.85 Å². The summed E-state index contributed by atoms with van der Waals surface area (Å²) in [4.78, 5) is 3.52. The van der Waals surface area contributed by atoms with E-state index in [0.29, 0.717) is 11.3 Å². The average molecular weight is 404 g/mol. The molecule has 0 fully saturated rings. The first-order valence-electron chi connectivity index (χ1n) is 10.5. The molecule has 0 aliphatic heterocycles. The summed E-state index contributed by atoms with van der Waals surface area (Å²) < 4.78 is 0. The lowest BCUT2D eigenvalue weighted by Gasteiger charge is -2.16. The molecule has 2 nitrogen and oxygen atoms in total. The quantitative estimate of drug-likeness (QED) is 0.210. The highest BCUT2D eigenvalue weighted by atomic mass is 14.6. The van der Waals surface area contributed by atoms with Crippen LogP contribution in [-0.4, -0.2) is 0 Å². The Morgan fingerprint density at radius 2 is 1.03 bits per heavy atom. The summed E-state index contributed by atoms with van der Waals surface area (Å²) in [5, 5.41) is 16.5. The topological polar surface area (TPSA) is 28.1 Å². The Hall–Kier alpha value is -4.66. The molecule has 32 heavy (non-hydrogen) atoms. The summed E-state index contributed by atoms with van der Waals surface area (Å²) >= 11 is 0. The van der Waals surface area contributed by atoms with E-state index in [0.717, 1.165) is 11.1 Å². The van der Waals surface area contributed by atoms with Crippen LogP contribution in [0, 0.1) is 17.9 Å². The highest BCUT2D eigenvalue weighted by Crippen LogP contribution is 2.42. The Balaban J connectivity index is 1.66. The molecule has 0 heterocycles. The largest absolute Gasteiger partial charge is 0.238 e. The number of hydrogen-bond donors (Lipinski definition) is 0. The van der Waals surface area contributed by atoms with E-state index in [-0.39, 0.29) is 0 Å². The molecule has 0 saturated heterocycles. The Kier molecular flexibility index (Phi) is 3.94. The zero-order valence-electron chi connectivity index (χ0n) is 17.1. The van der Waals surface area contributed by atoms with Gasteiger partial charge in [0.15, 0.2) is 5.69 Å². The molecule has 0 atom stereocenters. The monoisotopic (exact) mass is 404 g/mol. The second-order valence-electron chi connectivity index (χ2n) is 8.00. The first-order valence-corrected chi connectivity index (χ1v) is 10.5. The van der Waals surface area contributed by atoms with Gasteiger partial charge in [-0.15, -0.1) is 0 Å². The fourth-order valence-electron chi connectivity index (χ4n) is 4.74. The van der Waals surface area contributed by atoms with Gasteiger partial charge in [0.1, 0.15) is 0 Å². The Bertz CT molecular complexity index is 1580. The Morgan fingerprint density at radius 1 is 0.562 bits per heavy atom. The van der Waals surface area contributed by atoms with Gasteiger partial charge in [0.2, 0.25) is 0 Å². The lowest BCUT2D eigenvalue weighted by molar-refractivity contribution is 1.48. The van der Waals surface area contributed by atoms with Crippen LogP contribution in [0.25, 0.3) is 59.4 Å². The van der Waals surface area contributed by atoms with Crippen LogP contribution in [0.1, 0.15) is 5.56 Å². The molecule has 0 aliphatic rings. The molecular formula is C30H16N2. The lowest BCUT2D eigenvalue weighted by atomic mass is 9.87. The van der Waals surface area contributed by atoms with Gasteiger partial charge in [0.25, 0.3) is 0 Å². The molecule has 6 aromatic rings. The van der Waals surface area contributed by atoms with Crippen molar-refractivity contribution in [1.82, 2.24) is 0 Å². The maximum absolute atomic E-state index is 9.14. The smallest absolute Gasteiger partial charge is 0.187 e. The fraction of sp³-hybridized carbons (Fsp3) is 0. The summed E-state index contributed by atoms with van der Waals surface area (Å²) in [6, 6.07) is 35.3. The number of nitriles is 1. The minimum atomic E-state index is 0.651. The van der Waals surface area contributed by atoms with E-state index < -0.39 is 0 Å². The van der Waals surface area contributed by atoms with Crippen molar-refractivity contribution in [1.29, 1.82) is 5.26 Å². The molecule has 6 aromatic carbocycles. The van der Waals surface area contributed by atoms with Crippen LogP contribution in [0.3, 0.4) is 0 Å². The van der Waals surface area contributed by atoms with Crippen molar-refractivity contribution in [2.24, 2.45) is 0 Å². The van der Waals surface area contributed by atoms with Gasteiger partial charge in [-0.05, 0) is 66.7 Å². The first kappa shape index (κ1) is 18.1. The normalized spacial score (nSPS) is 11.1. The number of benzene rings is 6. The molecular weight excluding hydrogens is 388 g/mol. The molecule has 0 spiro atoms. The van der Waals surface area contributed by atoms with E-state index in [1.807, 2.05) is 48.5 Å². The van der Waals surface area contributed by atoms with Gasteiger partial charge in [0, 0.05) is 0 Å². The summed E-state index contributed by atoms with van der Waals surface area (Å²) in [6.45, 7) is 7.21. The summed E-state index contributed by atoms with van der Waals surface area (Å²) in [6.07, 6.45) is 0. The lowest BCUT2D eigenvalue weighted by Crippen LogP contribution is -1.89. The van der Waals surface area contributed by atoms with Gasteiger partial charge in [-0.2, -0.15) is 5.26 Å². The number of hydrogen-bond acceptors (Lipinski definition) is 1. The highest BCUT2D eigenvalue weighted by molar-refractivity contribution is 6.27. The molecule has 0 unspecified atom stereocenters. The second-order valence-corrected chi connectivity index (χ2v) is 8.00. The van der Waals surface area contributed by atoms with Crippen molar-refractivity contribution < 1.29 is 0 Å². The van der Waals surface area contributed by atoms with Crippen LogP contribution in [0.4, 0.5) is 5.69 Å². The standard InChI is InChI=1S/C30H16N2/c1-32-24-12-6-21(7-13-24)26-15-9-23-10-16-27-25(20-4-2-19(18-31)3-5-20)14-8-22-11-17-28(26)30(23)29(22)27/h2-17H. The van der Waals surface area contributed by atoms with Crippen molar-refractivity contribution in [2.75, 3.05) is 0 Å². The zero-order chi connectivity index (χ0) is 21.7. The van der Waals surface area contributed by atoms with E-state index in [1.54, 1.807) is 0 Å². The van der Waals surface area contributed by atoms with Gasteiger partial charge in [0.05, 0.1) is 18.2 Å². The molecule has 0 aliphatic carbocycles. The van der Waals surface area contributed by atoms with E-state index in [9.17, 15) is 0 Å². The van der Waals surface area contributed by atoms with Crippen LogP contribution in [0.5, 0.6) is 0 Å². The predicted octanol–water partition coefficient (Wildman–Crippen LogP) is 8.34. The van der Waals surface area contributed by atoms with Crippen molar-refractivity contribution in [3.05, 3.63) is 114 Å². The fourth-order valence-corrected chi connectivity index (χ4v) is 4.74. The minimum absolute atomic E-state index is 0.651. The van der Waals surface area contributed by atoms with Gasteiger partial charge >= 0.3 is 0 Å². The molecule has 0 aromatic heterocycles. The maximum Gasteiger partial charge on any atom is 0.187 e. The maximum atomic E-state index is 9.14. The third-order valence-corrected chi connectivity index (χ3v) is 6.30. The predicted molar refractivity (Wildman–Crippen MR) is 132 cm³/mol. The van der Waals surface area contributed by atoms with E-state index >= 15 is 0 Å². The highest BCUT2D eigenvalue weighted by Gasteiger charge is 2.14. The van der Waals surface area contributed by atoms with Crippen LogP contribution in [-0.2, 0) is 0 Å². The first-order chi connectivity index (χ1) is 15.8. The number of rotatable bonds is 2. The van der Waals surface area contributed by atoms with Crippen molar-refractivity contribution >= 4 is 38.0 Å². The van der Waals surface area contributed by atoms with Crippen molar-refractivity contribution in [2.45, 2.75) is 0 Å². The number of nitrogens with zero attached hydrogens (tertiary/aromatic N) is 2. The molecule has 0 amide bonds. The average Bonchev–Trinajstić information content (AvgIpc) is 2.87. The zero-order valence-corrected chi connectivity index (χ0v) is 17.1. The minimum Gasteiger partial charge on any atom is -0.238 e. The molecule has 146 valence electrons. The third-order valence-electron chi connectivity index (χ3n) is 6.30. The van der Waals surface area contributed by atoms with Crippen LogP contribution >= 0.6 is 0 Å². The van der Waals surface area contributed by atoms with Crippen LogP contribution in [0.15, 0.2) is 97.1 Å². The Labute approximate surface area is 185 Å². The van der Waals surface area contributed by atoms with E-state index in [2.05, 4.69) is 59.4 Å². The molecule has 0 radical (unpaired) electrons. The SMILES string of the molecule is [C-]#[N+]c1ccc(-c2ccc3ccc4c(-c5ccc(C#N)cc5)ccc5ccc2c3c54)cc1. The van der Waals surface area contributed by atoms with E-state index in [1.165, 1.54) is 43.4 Å². The molecule has 0 bridgehead atoms. The molecule has 2 heteroatoms. The van der Waals surface area contributed by atoms with Crippen LogP contribution < -0.4 is 0 Å². The molecule has 0 N–H and O–H groups in total. The summed E-state index contributed by atoms with van der Waals surface area (Å²) in [5.74, 6) is 0. The molecule has 0 saturated carbocycles. The van der Waals surface area contributed by atoms with Crippen molar-refractivity contribution in [3.8, 4) is 28.3 Å². The summed E-state index contributed by atoms with van der Waals surface area (Å²) in [5.41, 5.74) is 5.88. The second kappa shape index (κ2) is 6.95. The van der Waals surface area contributed by atoms with E-state index in [4.69, 9.17) is 11.8 Å². The van der Waals surface area contributed by atoms with Gasteiger partial charge < -0.3 is 0 Å². The van der Waals surface area contributed by atoms with Crippen LogP contribution in [0.2, 0.25) is 0 Å². The third kappa shape index (κ3) is 2.64. The summed E-state index contributed by atoms with van der Waals surface area (Å²) in [7, 11) is 0. The van der Waals surface area contributed by atoms with Crippen molar-refractivity contribution in [3.63, 3.8) is 0 Å². The van der Waals surface area contributed by atoms with Gasteiger partial charge in [-0.1, -0.05) is 84.9 Å². The molecule has 6 rings (SSSR count).